The number of hydrogen-bond acceptors (Lipinski definition) is 5. The molecule has 3 rings (SSSR count). The molecule has 1 unspecified atom stereocenters. The highest BCUT2D eigenvalue weighted by atomic mass is 16.5. The van der Waals surface area contributed by atoms with E-state index in [-0.39, 0.29) is 16.7 Å². The van der Waals surface area contributed by atoms with Crippen LogP contribution in [0.1, 0.15) is 70.7 Å². The van der Waals surface area contributed by atoms with Gasteiger partial charge in [0.1, 0.15) is 11.5 Å². The fourth-order valence-corrected chi connectivity index (χ4v) is 4.50. The molecule has 1 aliphatic rings. The van der Waals surface area contributed by atoms with Crippen LogP contribution in [0, 0.1) is 0 Å². The Kier molecular flexibility index (Phi) is 8.96. The second-order valence-corrected chi connectivity index (χ2v) is 10.3. The lowest BCUT2D eigenvalue weighted by atomic mass is 9.85. The van der Waals surface area contributed by atoms with Gasteiger partial charge in [-0.15, -0.1) is 0 Å². The molecule has 0 bridgehead atoms. The number of hydrogen-bond donors (Lipinski definition) is 1. The number of likely N-dealkylation sites (tertiary alicyclic amines) is 1. The number of rotatable bonds is 10. The molecule has 6 nitrogen and oxygen atoms in total. The molecule has 1 fully saturated rings. The van der Waals surface area contributed by atoms with E-state index in [0.29, 0.717) is 31.0 Å². The Morgan fingerprint density at radius 1 is 0.972 bits per heavy atom. The van der Waals surface area contributed by atoms with E-state index >= 15 is 0 Å². The molecule has 1 aliphatic heterocycles. The average Bonchev–Trinajstić information content (AvgIpc) is 3.12. The first-order chi connectivity index (χ1) is 17.1. The van der Waals surface area contributed by atoms with Gasteiger partial charge in [0.2, 0.25) is 0 Å². The zero-order chi connectivity index (χ0) is 26.5. The maximum atomic E-state index is 13.3. The summed E-state index contributed by atoms with van der Waals surface area (Å²) in [6.07, 6.45) is 0.896. The van der Waals surface area contributed by atoms with E-state index in [9.17, 15) is 14.7 Å². The summed E-state index contributed by atoms with van der Waals surface area (Å²) in [6.45, 7) is 16.0. The quantitative estimate of drug-likeness (QED) is 0.268. The van der Waals surface area contributed by atoms with E-state index < -0.39 is 17.7 Å². The van der Waals surface area contributed by atoms with E-state index in [4.69, 9.17) is 4.74 Å². The zero-order valence-electron chi connectivity index (χ0n) is 22.5. The topological polar surface area (TPSA) is 70.1 Å². The van der Waals surface area contributed by atoms with Crippen LogP contribution < -0.4 is 4.74 Å². The summed E-state index contributed by atoms with van der Waals surface area (Å²) >= 11 is 0. The standard InChI is InChI=1S/C30H40N2O4/c1-7-20-36-24-16-12-22(13-17-24)27(33)25-26(21-10-14-23(15-11-21)30(4,5)6)32(29(35)28(25)34)19-18-31(8-2)9-3/h10-17,26,33H,7-9,18-20H2,1-6H3/b27-25+. The number of carbonyl (C=O) groups excluding carboxylic acids is 2. The van der Waals surface area contributed by atoms with Crippen molar-refractivity contribution in [2.45, 2.75) is 59.4 Å². The van der Waals surface area contributed by atoms with Gasteiger partial charge in [-0.2, -0.15) is 0 Å². The van der Waals surface area contributed by atoms with Crippen molar-refractivity contribution < 1.29 is 19.4 Å². The number of aliphatic hydroxyl groups is 1. The predicted octanol–water partition coefficient (Wildman–Crippen LogP) is 5.54. The number of carbonyl (C=O) groups is 2. The van der Waals surface area contributed by atoms with Gasteiger partial charge in [0.15, 0.2) is 0 Å². The number of ether oxygens (including phenoxy) is 1. The van der Waals surface area contributed by atoms with Crippen LogP contribution in [0.25, 0.3) is 5.76 Å². The smallest absolute Gasteiger partial charge is 0.295 e. The average molecular weight is 493 g/mol. The Hall–Kier alpha value is -3.12. The molecule has 0 spiro atoms. The molecule has 1 saturated heterocycles. The van der Waals surface area contributed by atoms with Crippen molar-refractivity contribution in [3.63, 3.8) is 0 Å². The number of aliphatic hydroxyl groups excluding tert-OH is 1. The second kappa shape index (κ2) is 11.7. The summed E-state index contributed by atoms with van der Waals surface area (Å²) in [6, 6.07) is 14.4. The Bertz CT molecular complexity index is 1080. The molecule has 0 aliphatic carbocycles. The van der Waals surface area contributed by atoms with E-state index in [1.807, 2.05) is 31.2 Å². The summed E-state index contributed by atoms with van der Waals surface area (Å²) in [4.78, 5) is 30.3. The zero-order valence-corrected chi connectivity index (χ0v) is 22.5. The molecule has 1 amide bonds. The van der Waals surface area contributed by atoms with Gasteiger partial charge >= 0.3 is 0 Å². The van der Waals surface area contributed by atoms with Crippen LogP contribution in [0.5, 0.6) is 5.75 Å². The molecule has 0 saturated carbocycles. The van der Waals surface area contributed by atoms with E-state index in [2.05, 4.69) is 39.5 Å². The Balaban J connectivity index is 2.05. The van der Waals surface area contributed by atoms with Crippen LogP contribution >= 0.6 is 0 Å². The molecule has 2 aromatic rings. The summed E-state index contributed by atoms with van der Waals surface area (Å²) < 4.78 is 5.64. The Labute approximate surface area is 215 Å². The normalized spacial score (nSPS) is 17.8. The first-order valence-corrected chi connectivity index (χ1v) is 13.0. The lowest BCUT2D eigenvalue weighted by Crippen LogP contribution is -2.38. The summed E-state index contributed by atoms with van der Waals surface area (Å²) in [7, 11) is 0. The molecule has 1 heterocycles. The van der Waals surface area contributed by atoms with E-state index in [1.165, 1.54) is 0 Å². The number of Topliss-reactive ketones (excluding diaryl/α,β-unsaturated/α-hetero) is 1. The molecule has 0 radical (unpaired) electrons. The van der Waals surface area contributed by atoms with Crippen molar-refractivity contribution in [2.75, 3.05) is 32.8 Å². The molecule has 1 atom stereocenters. The Morgan fingerprint density at radius 3 is 2.11 bits per heavy atom. The van der Waals surface area contributed by atoms with Crippen molar-refractivity contribution in [3.8, 4) is 5.75 Å². The highest BCUT2D eigenvalue weighted by Crippen LogP contribution is 2.40. The van der Waals surface area contributed by atoms with Crippen LogP contribution in [0.2, 0.25) is 0 Å². The third kappa shape index (κ3) is 5.98. The van der Waals surface area contributed by atoms with Gasteiger partial charge in [0, 0.05) is 18.7 Å². The molecular formula is C30H40N2O4. The van der Waals surface area contributed by atoms with Crippen molar-refractivity contribution in [2.24, 2.45) is 0 Å². The first-order valence-electron chi connectivity index (χ1n) is 13.0. The van der Waals surface area contributed by atoms with E-state index in [0.717, 1.165) is 30.6 Å². The minimum atomic E-state index is -0.650. The van der Waals surface area contributed by atoms with Crippen LogP contribution in [-0.4, -0.2) is 59.4 Å². The highest BCUT2D eigenvalue weighted by Gasteiger charge is 2.46. The first kappa shape index (κ1) is 27.5. The predicted molar refractivity (Wildman–Crippen MR) is 144 cm³/mol. The van der Waals surface area contributed by atoms with Crippen LogP contribution in [0.15, 0.2) is 54.1 Å². The van der Waals surface area contributed by atoms with Crippen molar-refractivity contribution in [1.82, 2.24) is 9.80 Å². The number of nitrogens with zero attached hydrogens (tertiary/aromatic N) is 2. The summed E-state index contributed by atoms with van der Waals surface area (Å²) in [5, 5.41) is 11.3. The third-order valence-corrected chi connectivity index (χ3v) is 6.78. The van der Waals surface area contributed by atoms with Gasteiger partial charge in [-0.1, -0.05) is 65.8 Å². The minimum absolute atomic E-state index is 0.0231. The van der Waals surface area contributed by atoms with Crippen LogP contribution in [0.3, 0.4) is 0 Å². The molecule has 2 aromatic carbocycles. The molecule has 194 valence electrons. The number of benzene rings is 2. The van der Waals surface area contributed by atoms with Gasteiger partial charge in [-0.25, -0.2) is 0 Å². The molecular weight excluding hydrogens is 452 g/mol. The van der Waals surface area contributed by atoms with Gasteiger partial charge in [-0.05, 0) is 60.3 Å². The molecule has 6 heteroatoms. The lowest BCUT2D eigenvalue weighted by Gasteiger charge is -2.28. The van der Waals surface area contributed by atoms with Crippen molar-refractivity contribution in [3.05, 3.63) is 70.8 Å². The lowest BCUT2D eigenvalue weighted by molar-refractivity contribution is -0.140. The number of ketones is 1. The molecule has 1 N–H and O–H groups in total. The molecule has 36 heavy (non-hydrogen) atoms. The fraction of sp³-hybridized carbons (Fsp3) is 0.467. The van der Waals surface area contributed by atoms with Gasteiger partial charge in [-0.3, -0.25) is 9.59 Å². The molecule has 0 aromatic heterocycles. The number of likely N-dealkylation sites (N-methyl/N-ethyl adjacent to an activating group) is 1. The van der Waals surface area contributed by atoms with Crippen molar-refractivity contribution in [1.29, 1.82) is 0 Å². The van der Waals surface area contributed by atoms with Gasteiger partial charge in [0.25, 0.3) is 11.7 Å². The largest absolute Gasteiger partial charge is 0.507 e. The SMILES string of the molecule is CCCOc1ccc(/C(O)=C2\C(=O)C(=O)N(CCN(CC)CC)C2c2ccc(C(C)(C)C)cc2)cc1. The van der Waals surface area contributed by atoms with Crippen LogP contribution in [0.4, 0.5) is 0 Å². The number of amides is 1. The summed E-state index contributed by atoms with van der Waals surface area (Å²) in [5.41, 5.74) is 2.56. The fourth-order valence-electron chi connectivity index (χ4n) is 4.50. The maximum absolute atomic E-state index is 13.3. The maximum Gasteiger partial charge on any atom is 0.295 e. The van der Waals surface area contributed by atoms with Crippen molar-refractivity contribution >= 4 is 17.4 Å². The monoisotopic (exact) mass is 492 g/mol. The van der Waals surface area contributed by atoms with Gasteiger partial charge < -0.3 is 19.6 Å². The third-order valence-electron chi connectivity index (χ3n) is 6.78. The van der Waals surface area contributed by atoms with E-state index in [1.54, 1.807) is 29.2 Å². The highest BCUT2D eigenvalue weighted by molar-refractivity contribution is 6.46. The van der Waals surface area contributed by atoms with Gasteiger partial charge in [0.05, 0.1) is 18.2 Å². The second-order valence-electron chi connectivity index (χ2n) is 10.3. The Morgan fingerprint density at radius 2 is 1.58 bits per heavy atom. The summed E-state index contributed by atoms with van der Waals surface area (Å²) in [5.74, 6) is -0.687. The van der Waals surface area contributed by atoms with Crippen LogP contribution in [-0.2, 0) is 15.0 Å². The minimum Gasteiger partial charge on any atom is -0.507 e.